The summed E-state index contributed by atoms with van der Waals surface area (Å²) in [5.41, 5.74) is 3.48. The summed E-state index contributed by atoms with van der Waals surface area (Å²) in [4.78, 5) is 41.1. The van der Waals surface area contributed by atoms with Gasteiger partial charge in [-0.2, -0.15) is 0 Å². The summed E-state index contributed by atoms with van der Waals surface area (Å²) in [5, 5.41) is 0.545. The highest BCUT2D eigenvalue weighted by molar-refractivity contribution is 6.30. The van der Waals surface area contributed by atoms with Gasteiger partial charge in [0.2, 0.25) is 0 Å². The van der Waals surface area contributed by atoms with Crippen LogP contribution in [-0.2, 0) is 0 Å². The second-order valence-electron chi connectivity index (χ2n) is 6.30. The summed E-state index contributed by atoms with van der Waals surface area (Å²) in [6, 6.07) is 12.1. The number of pyridine rings is 1. The Balaban J connectivity index is 1.93. The highest BCUT2D eigenvalue weighted by atomic mass is 16.2. The molecule has 0 fully saturated rings. The third-order valence-electron chi connectivity index (χ3n) is 4.59. The molecule has 4 nitrogen and oxygen atoms in total. The topological polar surface area (TPSA) is 67.0 Å². The lowest BCUT2D eigenvalue weighted by Crippen LogP contribution is -2.17. The molecule has 1 aliphatic rings. The monoisotopic (exact) mass is 317 g/mol. The molecule has 4 rings (SSSR count). The van der Waals surface area contributed by atoms with E-state index in [4.69, 9.17) is 0 Å². The maximum Gasteiger partial charge on any atom is 0.189 e. The van der Waals surface area contributed by atoms with Gasteiger partial charge in [0.1, 0.15) is 5.92 Å². The molecule has 4 heteroatoms. The minimum Gasteiger partial charge on any atom is -0.357 e. The lowest BCUT2D eigenvalue weighted by atomic mass is 9.97. The Morgan fingerprint density at radius 1 is 0.917 bits per heavy atom. The van der Waals surface area contributed by atoms with E-state index >= 15 is 0 Å². The Morgan fingerprint density at radius 2 is 1.67 bits per heavy atom. The van der Waals surface area contributed by atoms with E-state index in [1.165, 1.54) is 6.07 Å². The average molecular weight is 317 g/mol. The first-order valence-corrected chi connectivity index (χ1v) is 7.79. The molecule has 1 aliphatic carbocycles. The van der Waals surface area contributed by atoms with Crippen molar-refractivity contribution < 1.29 is 9.59 Å². The molecular weight excluding hydrogens is 302 g/mol. The van der Waals surface area contributed by atoms with Crippen molar-refractivity contribution in [2.75, 3.05) is 0 Å². The van der Waals surface area contributed by atoms with Gasteiger partial charge in [0, 0.05) is 33.8 Å². The van der Waals surface area contributed by atoms with Crippen molar-refractivity contribution in [3.8, 4) is 0 Å². The van der Waals surface area contributed by atoms with Crippen LogP contribution in [0.3, 0.4) is 0 Å². The minimum absolute atomic E-state index is 0.191. The number of aryl methyl sites for hydroxylation is 2. The van der Waals surface area contributed by atoms with Gasteiger partial charge in [-0.05, 0) is 37.6 Å². The fourth-order valence-corrected chi connectivity index (χ4v) is 3.56. The van der Waals surface area contributed by atoms with Crippen LogP contribution >= 0.6 is 0 Å². The summed E-state index contributed by atoms with van der Waals surface area (Å²) in [7, 11) is 0. The van der Waals surface area contributed by atoms with Crippen LogP contribution in [0.2, 0.25) is 0 Å². The second-order valence-corrected chi connectivity index (χ2v) is 6.30. The van der Waals surface area contributed by atoms with Crippen molar-refractivity contribution in [1.82, 2.24) is 4.98 Å². The predicted octanol–water partition coefficient (Wildman–Crippen LogP) is 3.31. The van der Waals surface area contributed by atoms with Gasteiger partial charge in [0.15, 0.2) is 17.0 Å². The van der Waals surface area contributed by atoms with Gasteiger partial charge < -0.3 is 4.98 Å². The van der Waals surface area contributed by atoms with E-state index in [-0.39, 0.29) is 17.0 Å². The van der Waals surface area contributed by atoms with Gasteiger partial charge in [-0.1, -0.05) is 23.8 Å². The number of H-pyrrole nitrogens is 1. The number of Topliss-reactive ketones (excluding diaryl/α,β-unsaturated/α-hetero) is 2. The normalized spacial score (nSPS) is 16.7. The van der Waals surface area contributed by atoms with Gasteiger partial charge in [0.05, 0.1) is 0 Å². The molecule has 1 heterocycles. The van der Waals surface area contributed by atoms with Crippen molar-refractivity contribution in [2.45, 2.75) is 19.8 Å². The number of hydrogen-bond donors (Lipinski definition) is 1. The largest absolute Gasteiger partial charge is 0.357 e. The highest BCUT2D eigenvalue weighted by Gasteiger charge is 2.41. The minimum atomic E-state index is -0.960. The lowest BCUT2D eigenvalue weighted by molar-refractivity contribution is 0.0888. The number of fused-ring (bicyclic) bond motifs is 2. The molecule has 118 valence electrons. The lowest BCUT2D eigenvalue weighted by Gasteiger charge is -2.09. The van der Waals surface area contributed by atoms with E-state index in [9.17, 15) is 14.4 Å². The maximum absolute atomic E-state index is 12.8. The van der Waals surface area contributed by atoms with E-state index in [1.54, 1.807) is 24.3 Å². The molecule has 0 spiro atoms. The fraction of sp³-hybridized carbons (Fsp3) is 0.150. The Bertz CT molecular complexity index is 1090. The second kappa shape index (κ2) is 4.99. The summed E-state index contributed by atoms with van der Waals surface area (Å²) in [6.45, 7) is 3.73. The standard InChI is InChI=1S/C20H15NO3/c1-10-7-11(2)17-13(8-10)19(23)18(20(17)24)15-9-16(22)12-5-3-4-6-14(12)21-15/h3-9,18H,1-2H3,(H,21,22)/t18-/m1/s1. The van der Waals surface area contributed by atoms with Gasteiger partial charge in [-0.3, -0.25) is 14.4 Å². The zero-order chi connectivity index (χ0) is 17.0. The number of carbonyl (C=O) groups excluding carboxylic acids is 2. The number of nitrogens with one attached hydrogen (secondary N) is 1. The first kappa shape index (κ1) is 14.6. The van der Waals surface area contributed by atoms with Crippen LogP contribution in [0.25, 0.3) is 10.9 Å². The molecule has 0 radical (unpaired) electrons. The van der Waals surface area contributed by atoms with Gasteiger partial charge in [0.25, 0.3) is 0 Å². The number of hydrogen-bond acceptors (Lipinski definition) is 3. The summed E-state index contributed by atoms with van der Waals surface area (Å²) < 4.78 is 0. The molecule has 24 heavy (non-hydrogen) atoms. The molecule has 2 aromatic carbocycles. The van der Waals surface area contributed by atoms with Gasteiger partial charge in [-0.15, -0.1) is 0 Å². The molecule has 0 saturated carbocycles. The molecule has 1 aromatic heterocycles. The molecule has 0 amide bonds. The Morgan fingerprint density at radius 3 is 2.46 bits per heavy atom. The van der Waals surface area contributed by atoms with Crippen LogP contribution in [0.15, 0.2) is 47.3 Å². The van der Waals surface area contributed by atoms with Gasteiger partial charge >= 0.3 is 0 Å². The third-order valence-corrected chi connectivity index (χ3v) is 4.59. The zero-order valence-electron chi connectivity index (χ0n) is 13.3. The van der Waals surface area contributed by atoms with Crippen LogP contribution in [-0.4, -0.2) is 16.6 Å². The van der Waals surface area contributed by atoms with Gasteiger partial charge in [-0.25, -0.2) is 0 Å². The number of aromatic amines is 1. The molecule has 3 aromatic rings. The molecule has 1 N–H and O–H groups in total. The van der Waals surface area contributed by atoms with E-state index in [1.807, 2.05) is 26.0 Å². The van der Waals surface area contributed by atoms with E-state index in [2.05, 4.69) is 4.98 Å². The smallest absolute Gasteiger partial charge is 0.189 e. The SMILES string of the molecule is Cc1cc(C)c2c(c1)C(=O)[C@@H](c1cc(=O)c3ccccc3[nH]1)C2=O. The molecule has 0 saturated heterocycles. The molecule has 0 unspecified atom stereocenters. The Kier molecular flexibility index (Phi) is 3.03. The van der Waals surface area contributed by atoms with E-state index < -0.39 is 5.92 Å². The quantitative estimate of drug-likeness (QED) is 0.700. The predicted molar refractivity (Wildman–Crippen MR) is 91.9 cm³/mol. The van der Waals surface area contributed by atoms with Crippen molar-refractivity contribution in [2.24, 2.45) is 0 Å². The summed E-state index contributed by atoms with van der Waals surface area (Å²) in [5.74, 6) is -1.44. The van der Waals surface area contributed by atoms with Crippen LogP contribution in [0.4, 0.5) is 0 Å². The molecular formula is C20H15NO3. The van der Waals surface area contributed by atoms with Crippen LogP contribution < -0.4 is 5.43 Å². The van der Waals surface area contributed by atoms with Crippen molar-refractivity contribution >= 4 is 22.5 Å². The number of rotatable bonds is 1. The zero-order valence-corrected chi connectivity index (χ0v) is 13.3. The van der Waals surface area contributed by atoms with Crippen LogP contribution in [0, 0.1) is 13.8 Å². The molecule has 0 aliphatic heterocycles. The number of aromatic nitrogens is 1. The highest BCUT2D eigenvalue weighted by Crippen LogP contribution is 2.35. The number of carbonyl (C=O) groups is 2. The average Bonchev–Trinajstić information content (AvgIpc) is 2.78. The Hall–Kier alpha value is -3.01. The number of para-hydroxylation sites is 1. The first-order valence-electron chi connectivity index (χ1n) is 7.79. The summed E-state index contributed by atoms with van der Waals surface area (Å²) in [6.07, 6.45) is 0. The molecule has 0 bridgehead atoms. The van der Waals surface area contributed by atoms with Crippen molar-refractivity contribution in [1.29, 1.82) is 0 Å². The number of ketones is 2. The van der Waals surface area contributed by atoms with Crippen LogP contribution in [0.5, 0.6) is 0 Å². The maximum atomic E-state index is 12.8. The van der Waals surface area contributed by atoms with Crippen LogP contribution in [0.1, 0.15) is 43.5 Å². The fourth-order valence-electron chi connectivity index (χ4n) is 3.56. The van der Waals surface area contributed by atoms with Crippen molar-refractivity contribution in [3.63, 3.8) is 0 Å². The Labute approximate surface area is 138 Å². The summed E-state index contributed by atoms with van der Waals surface area (Å²) >= 11 is 0. The molecule has 1 atom stereocenters. The van der Waals surface area contributed by atoms with Crippen molar-refractivity contribution in [3.05, 3.63) is 80.6 Å². The van der Waals surface area contributed by atoms with E-state index in [0.29, 0.717) is 27.7 Å². The third kappa shape index (κ3) is 1.96. The van der Waals surface area contributed by atoms with E-state index in [0.717, 1.165) is 11.1 Å². The first-order chi connectivity index (χ1) is 11.5. The number of benzene rings is 2.